The minimum atomic E-state index is 0.0171. The molecule has 4 heteroatoms. The molecule has 3 aromatic rings. The summed E-state index contributed by atoms with van der Waals surface area (Å²) in [4.78, 5) is 17.4. The molecule has 1 saturated heterocycles. The fourth-order valence-electron chi connectivity index (χ4n) is 3.95. The Labute approximate surface area is 173 Å². The molecule has 1 aliphatic heterocycles. The zero-order chi connectivity index (χ0) is 19.9. The van der Waals surface area contributed by atoms with Gasteiger partial charge in [-0.1, -0.05) is 60.7 Å². The van der Waals surface area contributed by atoms with Crippen LogP contribution >= 0.6 is 0 Å². The van der Waals surface area contributed by atoms with Crippen LogP contribution in [0.1, 0.15) is 22.3 Å². The van der Waals surface area contributed by atoms with Crippen molar-refractivity contribution in [3.63, 3.8) is 0 Å². The summed E-state index contributed by atoms with van der Waals surface area (Å²) in [6, 6.07) is 24.7. The maximum absolute atomic E-state index is 12.4. The van der Waals surface area contributed by atoms with Crippen molar-refractivity contribution in [3.8, 4) is 0 Å². The Morgan fingerprint density at radius 3 is 2.28 bits per heavy atom. The van der Waals surface area contributed by atoms with Gasteiger partial charge in [0.25, 0.3) is 5.91 Å². The van der Waals surface area contributed by atoms with Gasteiger partial charge in [0.15, 0.2) is 0 Å². The minimum Gasteiger partial charge on any atom is -0.352 e. The maximum Gasteiger partial charge on any atom is 0.251 e. The average molecular weight is 388 g/mol. The van der Waals surface area contributed by atoms with E-state index in [0.29, 0.717) is 0 Å². The van der Waals surface area contributed by atoms with Crippen molar-refractivity contribution in [1.29, 1.82) is 0 Å². The highest BCUT2D eigenvalue weighted by Crippen LogP contribution is 2.15. The summed E-state index contributed by atoms with van der Waals surface area (Å²) in [7, 11) is 0. The Kier molecular flexibility index (Phi) is 6.55. The fourth-order valence-corrected chi connectivity index (χ4v) is 3.95. The molecule has 3 aromatic carbocycles. The molecule has 4 nitrogen and oxygen atoms in total. The molecule has 1 fully saturated rings. The van der Waals surface area contributed by atoms with E-state index in [1.54, 1.807) is 0 Å². The lowest BCUT2D eigenvalue weighted by Crippen LogP contribution is -2.46. The third-order valence-corrected chi connectivity index (χ3v) is 5.66. The van der Waals surface area contributed by atoms with Gasteiger partial charge < -0.3 is 10.2 Å². The van der Waals surface area contributed by atoms with Gasteiger partial charge in [-0.2, -0.15) is 0 Å². The van der Waals surface area contributed by atoms with Crippen LogP contribution in [0.5, 0.6) is 0 Å². The topological polar surface area (TPSA) is 35.6 Å². The van der Waals surface area contributed by atoms with Gasteiger partial charge in [0.2, 0.25) is 0 Å². The van der Waals surface area contributed by atoms with Crippen molar-refractivity contribution in [1.82, 2.24) is 15.1 Å². The maximum atomic E-state index is 12.4. The van der Waals surface area contributed by atoms with Gasteiger partial charge in [-0.05, 0) is 41.4 Å². The van der Waals surface area contributed by atoms with Crippen LogP contribution in [0.4, 0.5) is 0 Å². The summed E-state index contributed by atoms with van der Waals surface area (Å²) in [6.07, 6.45) is 0.984. The standard InChI is InChI=1S/C25H29N3O/c29-25(24-12-11-22-9-4-5-10-23(22)19-24)26-13-6-14-27-15-17-28(18-16-27)20-21-7-2-1-3-8-21/h1-5,7-12,19H,6,13-18,20H2,(H,26,29). The number of benzene rings is 3. The number of rotatable bonds is 7. The summed E-state index contributed by atoms with van der Waals surface area (Å²) in [5.74, 6) is 0.0171. The predicted molar refractivity (Wildman–Crippen MR) is 119 cm³/mol. The largest absolute Gasteiger partial charge is 0.352 e. The van der Waals surface area contributed by atoms with Crippen LogP contribution in [-0.2, 0) is 6.54 Å². The second-order valence-corrected chi connectivity index (χ2v) is 7.77. The number of nitrogens with zero attached hydrogens (tertiary/aromatic N) is 2. The molecule has 0 spiro atoms. The number of hydrogen-bond donors (Lipinski definition) is 1. The normalized spacial score (nSPS) is 15.4. The molecule has 1 aliphatic rings. The van der Waals surface area contributed by atoms with Gasteiger partial charge in [-0.3, -0.25) is 9.69 Å². The van der Waals surface area contributed by atoms with Crippen molar-refractivity contribution >= 4 is 16.7 Å². The van der Waals surface area contributed by atoms with Crippen LogP contribution in [0.3, 0.4) is 0 Å². The first-order valence-corrected chi connectivity index (χ1v) is 10.5. The van der Waals surface area contributed by atoms with Crippen molar-refractivity contribution in [2.75, 3.05) is 39.3 Å². The first-order chi connectivity index (χ1) is 14.3. The summed E-state index contributed by atoms with van der Waals surface area (Å²) in [5, 5.41) is 5.34. The molecule has 1 amide bonds. The van der Waals surface area contributed by atoms with E-state index in [0.717, 1.165) is 68.6 Å². The van der Waals surface area contributed by atoms with Gasteiger partial charge in [0, 0.05) is 44.8 Å². The van der Waals surface area contributed by atoms with E-state index in [2.05, 4.69) is 51.5 Å². The number of hydrogen-bond acceptors (Lipinski definition) is 3. The van der Waals surface area contributed by atoms with Gasteiger partial charge >= 0.3 is 0 Å². The van der Waals surface area contributed by atoms with Crippen molar-refractivity contribution in [2.45, 2.75) is 13.0 Å². The number of amides is 1. The summed E-state index contributed by atoms with van der Waals surface area (Å²) >= 11 is 0. The van der Waals surface area contributed by atoms with Crippen LogP contribution < -0.4 is 5.32 Å². The first-order valence-electron chi connectivity index (χ1n) is 10.5. The quantitative estimate of drug-likeness (QED) is 0.627. The van der Waals surface area contributed by atoms with Crippen LogP contribution in [0.2, 0.25) is 0 Å². The molecule has 0 saturated carbocycles. The van der Waals surface area contributed by atoms with Crippen molar-refractivity contribution < 1.29 is 4.79 Å². The minimum absolute atomic E-state index is 0.0171. The summed E-state index contributed by atoms with van der Waals surface area (Å²) in [5.41, 5.74) is 2.12. The lowest BCUT2D eigenvalue weighted by atomic mass is 10.1. The molecule has 29 heavy (non-hydrogen) atoms. The van der Waals surface area contributed by atoms with E-state index in [9.17, 15) is 4.79 Å². The van der Waals surface area contributed by atoms with Crippen LogP contribution in [0.25, 0.3) is 10.8 Å². The zero-order valence-electron chi connectivity index (χ0n) is 16.9. The number of fused-ring (bicyclic) bond motifs is 1. The molecule has 0 aromatic heterocycles. The Bertz CT molecular complexity index is 933. The van der Waals surface area contributed by atoms with Crippen LogP contribution in [-0.4, -0.2) is 55.0 Å². The number of nitrogens with one attached hydrogen (secondary N) is 1. The van der Waals surface area contributed by atoms with E-state index in [1.165, 1.54) is 5.56 Å². The molecule has 0 radical (unpaired) electrons. The number of carbonyl (C=O) groups is 1. The third-order valence-electron chi connectivity index (χ3n) is 5.66. The highest BCUT2D eigenvalue weighted by molar-refractivity contribution is 5.98. The van der Waals surface area contributed by atoms with Gasteiger partial charge in [0.05, 0.1) is 0 Å². The van der Waals surface area contributed by atoms with Crippen molar-refractivity contribution in [3.05, 3.63) is 83.9 Å². The molecule has 0 atom stereocenters. The highest BCUT2D eigenvalue weighted by Gasteiger charge is 2.16. The third kappa shape index (κ3) is 5.43. The molecular weight excluding hydrogens is 358 g/mol. The first kappa shape index (κ1) is 19.6. The predicted octanol–water partition coefficient (Wildman–Crippen LogP) is 3.78. The average Bonchev–Trinajstić information content (AvgIpc) is 2.78. The Balaban J connectivity index is 1.16. The van der Waals surface area contributed by atoms with E-state index in [-0.39, 0.29) is 5.91 Å². The monoisotopic (exact) mass is 387 g/mol. The van der Waals surface area contributed by atoms with Gasteiger partial charge in [-0.25, -0.2) is 0 Å². The Morgan fingerprint density at radius 1 is 0.793 bits per heavy atom. The number of piperazine rings is 1. The van der Waals surface area contributed by atoms with Gasteiger partial charge in [-0.15, -0.1) is 0 Å². The Hall–Kier alpha value is -2.69. The summed E-state index contributed by atoms with van der Waals surface area (Å²) < 4.78 is 0. The van der Waals surface area contributed by atoms with E-state index in [4.69, 9.17) is 0 Å². The van der Waals surface area contributed by atoms with Crippen LogP contribution in [0.15, 0.2) is 72.8 Å². The second kappa shape index (κ2) is 9.68. The van der Waals surface area contributed by atoms with Crippen molar-refractivity contribution in [2.24, 2.45) is 0 Å². The molecule has 150 valence electrons. The second-order valence-electron chi connectivity index (χ2n) is 7.77. The SMILES string of the molecule is O=C(NCCCN1CCN(Cc2ccccc2)CC1)c1ccc2ccccc2c1. The van der Waals surface area contributed by atoms with E-state index in [1.807, 2.05) is 36.4 Å². The van der Waals surface area contributed by atoms with E-state index < -0.39 is 0 Å². The molecule has 0 bridgehead atoms. The lowest BCUT2D eigenvalue weighted by molar-refractivity contribution is 0.0947. The molecule has 0 unspecified atom stereocenters. The Morgan fingerprint density at radius 2 is 1.48 bits per heavy atom. The van der Waals surface area contributed by atoms with Gasteiger partial charge in [0.1, 0.15) is 0 Å². The molecule has 1 N–H and O–H groups in total. The zero-order valence-corrected chi connectivity index (χ0v) is 16.9. The molecular formula is C25H29N3O. The molecule has 1 heterocycles. The highest BCUT2D eigenvalue weighted by atomic mass is 16.1. The molecule has 4 rings (SSSR count). The smallest absolute Gasteiger partial charge is 0.251 e. The lowest BCUT2D eigenvalue weighted by Gasteiger charge is -2.34. The van der Waals surface area contributed by atoms with Crippen LogP contribution in [0, 0.1) is 0 Å². The fraction of sp³-hybridized carbons (Fsp3) is 0.320. The number of carbonyl (C=O) groups excluding carboxylic acids is 1. The summed E-state index contributed by atoms with van der Waals surface area (Å²) in [6.45, 7) is 7.22. The van der Waals surface area contributed by atoms with E-state index >= 15 is 0 Å². The molecule has 0 aliphatic carbocycles.